The quantitative estimate of drug-likeness (QED) is 0.672. The molecule has 28 heavy (non-hydrogen) atoms. The van der Waals surface area contributed by atoms with E-state index in [1.807, 2.05) is 33.9 Å². The molecule has 0 spiro atoms. The summed E-state index contributed by atoms with van der Waals surface area (Å²) in [5.41, 5.74) is 6.05. The summed E-state index contributed by atoms with van der Waals surface area (Å²) in [5.74, 6) is -0.0865. The minimum atomic E-state index is -0.640. The minimum Gasteiger partial charge on any atom is -0.383 e. The summed E-state index contributed by atoms with van der Waals surface area (Å²) >= 11 is 0. The summed E-state index contributed by atoms with van der Waals surface area (Å²) in [6, 6.07) is 0. The first-order chi connectivity index (χ1) is 13.2. The van der Waals surface area contributed by atoms with Gasteiger partial charge in [-0.05, 0) is 24.8 Å². The van der Waals surface area contributed by atoms with Crippen LogP contribution in [0.15, 0.2) is 22.0 Å². The fourth-order valence-electron chi connectivity index (χ4n) is 2.99. The zero-order chi connectivity index (χ0) is 20.8. The van der Waals surface area contributed by atoms with Crippen LogP contribution in [0.2, 0.25) is 0 Å². The monoisotopic (exact) mass is 390 g/mol. The standard InChI is InChI=1S/C19H30N6O3/c1-5-6-8-24-17(20)16(18(27)22-19(24)28)25(11-13(2)3)15(26)7-9-23-12-14(4)10-21-23/h10,12-13H,5-9,11,20H2,1-4H3,(H,22,27,28). The summed E-state index contributed by atoms with van der Waals surface area (Å²) in [4.78, 5) is 41.4. The van der Waals surface area contributed by atoms with E-state index in [0.717, 1.165) is 18.4 Å². The first kappa shape index (κ1) is 21.5. The van der Waals surface area contributed by atoms with Crippen LogP contribution >= 0.6 is 0 Å². The molecule has 1 amide bonds. The van der Waals surface area contributed by atoms with E-state index in [4.69, 9.17) is 5.73 Å². The molecular formula is C19H30N6O3. The lowest BCUT2D eigenvalue weighted by atomic mass is 10.2. The molecule has 0 bridgehead atoms. The third-order valence-electron chi connectivity index (χ3n) is 4.39. The summed E-state index contributed by atoms with van der Waals surface area (Å²) in [6.45, 7) is 8.95. The Kier molecular flexibility index (Phi) is 7.19. The maximum Gasteiger partial charge on any atom is 0.330 e. The number of hydrogen-bond acceptors (Lipinski definition) is 5. The molecule has 0 aliphatic heterocycles. The molecular weight excluding hydrogens is 360 g/mol. The van der Waals surface area contributed by atoms with Crippen LogP contribution in [0.5, 0.6) is 0 Å². The largest absolute Gasteiger partial charge is 0.383 e. The molecule has 2 aromatic heterocycles. The lowest BCUT2D eigenvalue weighted by molar-refractivity contribution is -0.119. The number of rotatable bonds is 9. The Morgan fingerprint density at radius 1 is 1.32 bits per heavy atom. The maximum atomic E-state index is 13.0. The molecule has 0 aliphatic carbocycles. The highest BCUT2D eigenvalue weighted by Crippen LogP contribution is 2.20. The Labute approximate surface area is 164 Å². The minimum absolute atomic E-state index is 0.0335. The van der Waals surface area contributed by atoms with Gasteiger partial charge in [0.1, 0.15) is 5.82 Å². The van der Waals surface area contributed by atoms with Gasteiger partial charge in [0.25, 0.3) is 5.56 Å². The number of carbonyl (C=O) groups excluding carboxylic acids is 1. The molecule has 0 saturated heterocycles. The number of hydrogen-bond donors (Lipinski definition) is 2. The molecule has 0 fully saturated rings. The van der Waals surface area contributed by atoms with Crippen molar-refractivity contribution in [2.45, 2.75) is 60.0 Å². The topological polar surface area (TPSA) is 119 Å². The average molecular weight is 390 g/mol. The van der Waals surface area contributed by atoms with Crippen molar-refractivity contribution in [3.63, 3.8) is 0 Å². The molecule has 0 saturated carbocycles. The fourth-order valence-corrected chi connectivity index (χ4v) is 2.99. The number of nitrogens with zero attached hydrogens (tertiary/aromatic N) is 4. The van der Waals surface area contributed by atoms with Crippen molar-refractivity contribution in [3.8, 4) is 0 Å². The van der Waals surface area contributed by atoms with Gasteiger partial charge in [0, 0.05) is 32.3 Å². The smallest absolute Gasteiger partial charge is 0.330 e. The summed E-state index contributed by atoms with van der Waals surface area (Å²) in [7, 11) is 0. The normalized spacial score (nSPS) is 11.2. The molecule has 9 nitrogen and oxygen atoms in total. The second-order valence-corrected chi connectivity index (χ2v) is 7.43. The van der Waals surface area contributed by atoms with E-state index in [0.29, 0.717) is 19.6 Å². The molecule has 0 atom stereocenters. The predicted octanol–water partition coefficient (Wildman–Crippen LogP) is 1.50. The van der Waals surface area contributed by atoms with Crippen LogP contribution in [0.4, 0.5) is 11.5 Å². The van der Waals surface area contributed by atoms with Crippen molar-refractivity contribution < 1.29 is 4.79 Å². The van der Waals surface area contributed by atoms with Crippen LogP contribution in [0.25, 0.3) is 0 Å². The fraction of sp³-hybridized carbons (Fsp3) is 0.579. The highest BCUT2D eigenvalue weighted by molar-refractivity contribution is 5.95. The van der Waals surface area contributed by atoms with E-state index in [9.17, 15) is 14.4 Å². The Hall–Kier alpha value is -2.84. The molecule has 154 valence electrons. The van der Waals surface area contributed by atoms with E-state index in [1.54, 1.807) is 10.9 Å². The zero-order valence-electron chi connectivity index (χ0n) is 17.1. The number of amides is 1. The number of aromatic amines is 1. The van der Waals surface area contributed by atoms with Gasteiger partial charge in [0.05, 0.1) is 6.20 Å². The van der Waals surface area contributed by atoms with Crippen LogP contribution in [0.3, 0.4) is 0 Å². The number of aromatic nitrogens is 4. The summed E-state index contributed by atoms with van der Waals surface area (Å²) in [5, 5.41) is 4.18. The van der Waals surface area contributed by atoms with E-state index >= 15 is 0 Å². The summed E-state index contributed by atoms with van der Waals surface area (Å²) < 4.78 is 3.02. The van der Waals surface area contributed by atoms with Gasteiger partial charge in [-0.1, -0.05) is 27.2 Å². The van der Waals surface area contributed by atoms with Crippen molar-refractivity contribution in [1.82, 2.24) is 19.3 Å². The van der Waals surface area contributed by atoms with E-state index in [2.05, 4.69) is 10.1 Å². The predicted molar refractivity (Wildman–Crippen MR) is 109 cm³/mol. The SMILES string of the molecule is CCCCn1c(N)c(N(CC(C)C)C(=O)CCn2cc(C)cn2)c(=O)[nH]c1=O. The Bertz CT molecular complexity index is 924. The second kappa shape index (κ2) is 9.38. The number of nitrogen functional groups attached to an aromatic ring is 1. The lowest BCUT2D eigenvalue weighted by Crippen LogP contribution is -2.43. The average Bonchev–Trinajstić information content (AvgIpc) is 3.03. The van der Waals surface area contributed by atoms with Crippen LogP contribution in [-0.2, 0) is 17.9 Å². The molecule has 0 unspecified atom stereocenters. The number of H-pyrrole nitrogens is 1. The number of aryl methyl sites for hydroxylation is 2. The van der Waals surface area contributed by atoms with Crippen LogP contribution in [0.1, 0.15) is 45.6 Å². The Morgan fingerprint density at radius 2 is 2.04 bits per heavy atom. The van der Waals surface area contributed by atoms with Gasteiger partial charge in [0.15, 0.2) is 5.69 Å². The molecule has 0 aromatic carbocycles. The number of unbranched alkanes of at least 4 members (excludes halogenated alkanes) is 1. The highest BCUT2D eigenvalue weighted by Gasteiger charge is 2.24. The third kappa shape index (κ3) is 5.11. The molecule has 2 rings (SSSR count). The third-order valence-corrected chi connectivity index (χ3v) is 4.39. The van der Waals surface area contributed by atoms with Crippen LogP contribution in [0, 0.1) is 12.8 Å². The Morgan fingerprint density at radius 3 is 2.61 bits per heavy atom. The van der Waals surface area contributed by atoms with Gasteiger partial charge >= 0.3 is 5.69 Å². The molecule has 3 N–H and O–H groups in total. The maximum absolute atomic E-state index is 13.0. The van der Waals surface area contributed by atoms with E-state index < -0.39 is 11.2 Å². The molecule has 0 aliphatic rings. The van der Waals surface area contributed by atoms with Gasteiger partial charge in [-0.3, -0.25) is 23.8 Å². The Balaban J connectivity index is 2.37. The van der Waals surface area contributed by atoms with Crippen molar-refractivity contribution >= 4 is 17.4 Å². The second-order valence-electron chi connectivity index (χ2n) is 7.43. The first-order valence-electron chi connectivity index (χ1n) is 9.66. The van der Waals surface area contributed by atoms with Crippen molar-refractivity contribution in [1.29, 1.82) is 0 Å². The number of nitrogens with two attached hydrogens (primary N) is 1. The van der Waals surface area contributed by atoms with Crippen LogP contribution in [-0.4, -0.2) is 31.8 Å². The van der Waals surface area contributed by atoms with Crippen molar-refractivity contribution in [2.75, 3.05) is 17.2 Å². The molecule has 2 aromatic rings. The van der Waals surface area contributed by atoms with Gasteiger partial charge in [-0.15, -0.1) is 0 Å². The lowest BCUT2D eigenvalue weighted by Gasteiger charge is -2.26. The van der Waals surface area contributed by atoms with Crippen molar-refractivity contribution in [2.24, 2.45) is 5.92 Å². The van der Waals surface area contributed by atoms with E-state index in [-0.39, 0.29) is 29.8 Å². The molecule has 0 radical (unpaired) electrons. The zero-order valence-corrected chi connectivity index (χ0v) is 17.1. The number of nitrogens with one attached hydrogen (secondary N) is 1. The molecule has 2 heterocycles. The van der Waals surface area contributed by atoms with Gasteiger partial charge in [0.2, 0.25) is 5.91 Å². The van der Waals surface area contributed by atoms with Gasteiger partial charge in [-0.2, -0.15) is 5.10 Å². The number of anilines is 2. The van der Waals surface area contributed by atoms with Crippen molar-refractivity contribution in [3.05, 3.63) is 38.8 Å². The van der Waals surface area contributed by atoms with Gasteiger partial charge in [-0.25, -0.2) is 4.79 Å². The van der Waals surface area contributed by atoms with E-state index in [1.165, 1.54) is 9.47 Å². The molecule has 9 heteroatoms. The van der Waals surface area contributed by atoms with Gasteiger partial charge < -0.3 is 10.6 Å². The first-order valence-corrected chi connectivity index (χ1v) is 9.66. The highest BCUT2D eigenvalue weighted by atomic mass is 16.2. The summed E-state index contributed by atoms with van der Waals surface area (Å²) in [6.07, 6.45) is 5.36. The van der Waals surface area contributed by atoms with Crippen LogP contribution < -0.4 is 21.9 Å². The number of carbonyl (C=O) groups is 1.